The summed E-state index contributed by atoms with van der Waals surface area (Å²) in [6.07, 6.45) is -0.679. The van der Waals surface area contributed by atoms with Gasteiger partial charge < -0.3 is 5.11 Å². The molecular formula is C15H10ClF2N3O2. The molecule has 0 heterocycles. The largest absolute Gasteiger partial charge is 0.481 e. The van der Waals surface area contributed by atoms with Gasteiger partial charge in [-0.1, -0.05) is 28.8 Å². The van der Waals surface area contributed by atoms with Gasteiger partial charge in [-0.05, 0) is 40.9 Å². The molecule has 0 spiro atoms. The SMILES string of the molecule is [N-]=[N+]=NC(CC(=O)O)(c1ccc(Cl)cc1)c1cc(F)cc(F)c1. The van der Waals surface area contributed by atoms with E-state index in [-0.39, 0.29) is 11.1 Å². The highest BCUT2D eigenvalue weighted by Crippen LogP contribution is 2.38. The van der Waals surface area contributed by atoms with Crippen LogP contribution in [0.4, 0.5) is 8.78 Å². The topological polar surface area (TPSA) is 86.1 Å². The number of aliphatic carboxylic acids is 1. The average molecular weight is 338 g/mol. The molecule has 8 heteroatoms. The Morgan fingerprint density at radius 2 is 1.74 bits per heavy atom. The Kier molecular flexibility index (Phi) is 4.83. The lowest BCUT2D eigenvalue weighted by Gasteiger charge is -2.28. The Morgan fingerprint density at radius 1 is 1.17 bits per heavy atom. The summed E-state index contributed by atoms with van der Waals surface area (Å²) in [6.45, 7) is 0. The molecule has 1 atom stereocenters. The third-order valence-electron chi connectivity index (χ3n) is 3.28. The molecule has 0 fully saturated rings. The van der Waals surface area contributed by atoms with Crippen molar-refractivity contribution in [3.8, 4) is 0 Å². The monoisotopic (exact) mass is 337 g/mol. The zero-order valence-corrected chi connectivity index (χ0v) is 12.3. The molecule has 0 saturated carbocycles. The fraction of sp³-hybridized carbons (Fsp3) is 0.133. The standard InChI is InChI=1S/C15H10ClF2N3O2/c16-11-3-1-9(2-4-11)15(20-21-19,8-14(22)23)10-5-12(17)7-13(18)6-10/h1-7H,8H2,(H,22,23). The normalized spacial score (nSPS) is 13.0. The number of hydrogen-bond acceptors (Lipinski definition) is 2. The van der Waals surface area contributed by atoms with Gasteiger partial charge in [0.05, 0.1) is 6.42 Å². The van der Waals surface area contributed by atoms with Crippen LogP contribution in [-0.4, -0.2) is 11.1 Å². The highest BCUT2D eigenvalue weighted by atomic mass is 35.5. The van der Waals surface area contributed by atoms with Gasteiger partial charge in [-0.3, -0.25) is 4.79 Å². The summed E-state index contributed by atoms with van der Waals surface area (Å²) in [7, 11) is 0. The minimum Gasteiger partial charge on any atom is -0.481 e. The second-order valence-corrected chi connectivity index (χ2v) is 5.22. The van der Waals surface area contributed by atoms with Gasteiger partial charge in [0.2, 0.25) is 0 Å². The fourth-order valence-corrected chi connectivity index (χ4v) is 2.46. The quantitative estimate of drug-likeness (QED) is 0.489. The van der Waals surface area contributed by atoms with E-state index in [1.165, 1.54) is 24.3 Å². The molecule has 1 N–H and O–H groups in total. The van der Waals surface area contributed by atoms with E-state index in [9.17, 15) is 18.7 Å². The minimum absolute atomic E-state index is 0.0995. The molecule has 0 aliphatic heterocycles. The Labute approximate surface area is 134 Å². The Hall–Kier alpha value is -2.63. The molecule has 1 unspecified atom stereocenters. The molecule has 2 rings (SSSR count). The molecule has 0 bridgehead atoms. The van der Waals surface area contributed by atoms with Crippen LogP contribution in [0.2, 0.25) is 5.02 Å². The van der Waals surface area contributed by atoms with Gasteiger partial charge in [0.1, 0.15) is 17.2 Å². The number of azide groups is 1. The Balaban J connectivity index is 2.78. The highest BCUT2D eigenvalue weighted by molar-refractivity contribution is 6.30. The molecule has 23 heavy (non-hydrogen) atoms. The molecule has 0 saturated heterocycles. The third-order valence-corrected chi connectivity index (χ3v) is 3.54. The first-order valence-corrected chi connectivity index (χ1v) is 6.76. The van der Waals surface area contributed by atoms with E-state index in [2.05, 4.69) is 10.0 Å². The van der Waals surface area contributed by atoms with E-state index in [0.29, 0.717) is 11.1 Å². The number of carboxylic acid groups (broad SMARTS) is 1. The van der Waals surface area contributed by atoms with E-state index >= 15 is 0 Å². The van der Waals surface area contributed by atoms with Crippen LogP contribution in [0, 0.1) is 11.6 Å². The number of carboxylic acids is 1. The van der Waals surface area contributed by atoms with Crippen LogP contribution in [0.5, 0.6) is 0 Å². The maximum atomic E-state index is 13.6. The molecule has 0 amide bonds. The van der Waals surface area contributed by atoms with Crippen molar-refractivity contribution in [2.24, 2.45) is 5.11 Å². The first-order valence-electron chi connectivity index (χ1n) is 6.38. The third kappa shape index (κ3) is 3.59. The van der Waals surface area contributed by atoms with Crippen LogP contribution >= 0.6 is 11.6 Å². The highest BCUT2D eigenvalue weighted by Gasteiger charge is 2.37. The summed E-state index contributed by atoms with van der Waals surface area (Å²) in [4.78, 5) is 14.0. The maximum Gasteiger partial charge on any atom is 0.304 e. The summed E-state index contributed by atoms with van der Waals surface area (Å²) in [5.41, 5.74) is 7.24. The van der Waals surface area contributed by atoms with E-state index < -0.39 is 29.6 Å². The van der Waals surface area contributed by atoms with Crippen molar-refractivity contribution in [1.29, 1.82) is 0 Å². The van der Waals surface area contributed by atoms with Crippen LogP contribution in [-0.2, 0) is 10.3 Å². The van der Waals surface area contributed by atoms with E-state index in [0.717, 1.165) is 12.1 Å². The molecule has 0 aromatic heterocycles. The number of nitrogens with zero attached hydrogens (tertiary/aromatic N) is 3. The predicted molar refractivity (Wildman–Crippen MR) is 80.0 cm³/mol. The lowest BCUT2D eigenvalue weighted by molar-refractivity contribution is -0.138. The molecule has 0 aliphatic carbocycles. The number of halogens is 3. The second kappa shape index (κ2) is 6.64. The van der Waals surface area contributed by atoms with Crippen LogP contribution in [0.3, 0.4) is 0 Å². The minimum atomic E-state index is -1.80. The summed E-state index contributed by atoms with van der Waals surface area (Å²) < 4.78 is 27.1. The van der Waals surface area contributed by atoms with Crippen molar-refractivity contribution in [2.75, 3.05) is 0 Å². The van der Waals surface area contributed by atoms with E-state index in [1.54, 1.807) is 0 Å². The van der Waals surface area contributed by atoms with Crippen LogP contribution in [0.15, 0.2) is 47.6 Å². The summed E-state index contributed by atoms with van der Waals surface area (Å²) in [6, 6.07) is 8.36. The zero-order valence-electron chi connectivity index (χ0n) is 11.6. The van der Waals surface area contributed by atoms with E-state index in [4.69, 9.17) is 17.1 Å². The number of rotatable bonds is 5. The van der Waals surface area contributed by atoms with Crippen molar-refractivity contribution in [1.82, 2.24) is 0 Å². The van der Waals surface area contributed by atoms with Crippen molar-refractivity contribution < 1.29 is 18.7 Å². The van der Waals surface area contributed by atoms with Crippen molar-refractivity contribution in [2.45, 2.75) is 12.0 Å². The molecular weight excluding hydrogens is 328 g/mol. The summed E-state index contributed by atoms with van der Waals surface area (Å²) in [5, 5.41) is 13.1. The van der Waals surface area contributed by atoms with Crippen LogP contribution < -0.4 is 0 Å². The molecule has 2 aromatic rings. The first kappa shape index (κ1) is 16.7. The molecule has 0 aliphatic rings. The lowest BCUT2D eigenvalue weighted by atomic mass is 9.81. The van der Waals surface area contributed by atoms with Gasteiger partial charge in [-0.2, -0.15) is 0 Å². The Morgan fingerprint density at radius 3 is 2.22 bits per heavy atom. The number of hydrogen-bond donors (Lipinski definition) is 1. The van der Waals surface area contributed by atoms with Crippen molar-refractivity contribution in [3.63, 3.8) is 0 Å². The second-order valence-electron chi connectivity index (χ2n) is 4.79. The smallest absolute Gasteiger partial charge is 0.304 e. The van der Waals surface area contributed by atoms with Gasteiger partial charge in [0.25, 0.3) is 0 Å². The van der Waals surface area contributed by atoms with Gasteiger partial charge >= 0.3 is 5.97 Å². The van der Waals surface area contributed by atoms with Gasteiger partial charge in [0, 0.05) is 16.0 Å². The van der Waals surface area contributed by atoms with Crippen LogP contribution in [0.1, 0.15) is 17.5 Å². The fourth-order valence-electron chi connectivity index (χ4n) is 2.34. The predicted octanol–water partition coefficient (Wildman–Crippen LogP) is 4.65. The van der Waals surface area contributed by atoms with Gasteiger partial charge in [0.15, 0.2) is 0 Å². The Bertz CT molecular complexity index is 772. The average Bonchev–Trinajstić information content (AvgIpc) is 2.46. The first-order chi connectivity index (χ1) is 10.9. The number of carbonyl (C=O) groups is 1. The van der Waals surface area contributed by atoms with Crippen molar-refractivity contribution >= 4 is 17.6 Å². The molecule has 118 valence electrons. The van der Waals surface area contributed by atoms with Gasteiger partial charge in [-0.25, -0.2) is 8.78 Å². The summed E-state index contributed by atoms with van der Waals surface area (Å²) in [5.74, 6) is -3.11. The molecule has 2 aromatic carbocycles. The van der Waals surface area contributed by atoms with E-state index in [1.807, 2.05) is 0 Å². The summed E-state index contributed by atoms with van der Waals surface area (Å²) >= 11 is 5.80. The zero-order chi connectivity index (χ0) is 17.0. The van der Waals surface area contributed by atoms with Crippen LogP contribution in [0.25, 0.3) is 10.4 Å². The maximum absolute atomic E-state index is 13.6. The van der Waals surface area contributed by atoms with Gasteiger partial charge in [-0.15, -0.1) is 0 Å². The lowest BCUT2D eigenvalue weighted by Crippen LogP contribution is -2.28. The molecule has 5 nitrogen and oxygen atoms in total. The van der Waals surface area contributed by atoms with Crippen molar-refractivity contribution in [3.05, 3.63) is 80.7 Å². The molecule has 0 radical (unpaired) electrons. The number of benzene rings is 2.